The van der Waals surface area contributed by atoms with Gasteiger partial charge in [-0.05, 0) is 37.5 Å². The Labute approximate surface area is 600 Å². The van der Waals surface area contributed by atoms with Crippen molar-refractivity contribution >= 4 is 39.5 Å². The molecule has 0 radical (unpaired) electrons. The molecule has 0 aliphatic heterocycles. The van der Waals surface area contributed by atoms with Crippen LogP contribution in [0.4, 0.5) is 0 Å². The first-order valence-electron chi connectivity index (χ1n) is 41.0. The van der Waals surface area contributed by atoms with E-state index in [2.05, 4.69) is 41.5 Å². The van der Waals surface area contributed by atoms with Gasteiger partial charge >= 0.3 is 39.5 Å². The summed E-state index contributed by atoms with van der Waals surface area (Å²) in [5, 5.41) is 10.6. The van der Waals surface area contributed by atoms with Gasteiger partial charge < -0.3 is 33.8 Å². The van der Waals surface area contributed by atoms with E-state index in [0.29, 0.717) is 25.7 Å². The third-order valence-corrected chi connectivity index (χ3v) is 20.4. The highest BCUT2D eigenvalue weighted by Crippen LogP contribution is 2.45. The highest BCUT2D eigenvalue weighted by atomic mass is 31.2. The lowest BCUT2D eigenvalue weighted by molar-refractivity contribution is -0.161. The Kier molecular flexibility index (Phi) is 69.3. The Morgan fingerprint density at radius 1 is 0.276 bits per heavy atom. The van der Waals surface area contributed by atoms with Gasteiger partial charge in [0, 0.05) is 25.7 Å². The first-order chi connectivity index (χ1) is 47.4. The fourth-order valence-corrected chi connectivity index (χ4v) is 13.8. The predicted molar refractivity (Wildman–Crippen MR) is 400 cm³/mol. The van der Waals surface area contributed by atoms with Gasteiger partial charge in [-0.15, -0.1) is 0 Å². The number of ether oxygens (including phenoxy) is 4. The molecule has 0 bridgehead atoms. The molecule has 0 spiro atoms. The summed E-state index contributed by atoms with van der Waals surface area (Å²) in [7, 11) is -9.91. The molecular weight excluding hydrogens is 1280 g/mol. The van der Waals surface area contributed by atoms with Crippen molar-refractivity contribution < 1.29 is 80.2 Å². The van der Waals surface area contributed by atoms with Crippen molar-refractivity contribution in [1.82, 2.24) is 0 Å². The van der Waals surface area contributed by atoms with Crippen LogP contribution in [0.3, 0.4) is 0 Å². The zero-order valence-corrected chi connectivity index (χ0v) is 65.9. The van der Waals surface area contributed by atoms with E-state index in [-0.39, 0.29) is 25.7 Å². The summed E-state index contributed by atoms with van der Waals surface area (Å²) >= 11 is 0. The van der Waals surface area contributed by atoms with Gasteiger partial charge in [0.1, 0.15) is 19.3 Å². The second kappa shape index (κ2) is 70.7. The number of phosphoric acid groups is 2. The SMILES string of the molecule is CCCCCCCCCCCCCCCCCCCCCCC(=O)O[C@H](COC(=O)CCCCCCCCCCCCCCC(C)C)COP(=O)(O)OC[C@@H](O)COP(=O)(O)OC[C@@H](COC(=O)CCCCCCCCCCCC)OC(=O)CCCCCCCCCCCCC(C)C. The first kappa shape index (κ1) is 96.1. The summed E-state index contributed by atoms with van der Waals surface area (Å²) in [6.07, 6.45) is 59.7. The van der Waals surface area contributed by atoms with Crippen LogP contribution >= 0.6 is 15.6 Å². The van der Waals surface area contributed by atoms with Crippen molar-refractivity contribution in [2.45, 2.75) is 432 Å². The molecule has 0 rings (SSSR count). The van der Waals surface area contributed by atoms with E-state index >= 15 is 0 Å². The van der Waals surface area contributed by atoms with Gasteiger partial charge in [0.15, 0.2) is 12.2 Å². The number of rotatable bonds is 78. The quantitative estimate of drug-likeness (QED) is 0.0222. The molecule has 0 aromatic carbocycles. The second-order valence-electron chi connectivity index (χ2n) is 29.4. The molecule has 0 saturated carbocycles. The highest BCUT2D eigenvalue weighted by Gasteiger charge is 2.30. The maximum atomic E-state index is 13.1. The van der Waals surface area contributed by atoms with Gasteiger partial charge in [0.05, 0.1) is 26.4 Å². The Morgan fingerprint density at radius 3 is 0.694 bits per heavy atom. The van der Waals surface area contributed by atoms with E-state index in [1.165, 1.54) is 231 Å². The maximum absolute atomic E-state index is 13.1. The molecule has 0 aromatic heterocycles. The molecule has 0 amide bonds. The van der Waals surface area contributed by atoms with Crippen LogP contribution in [0.25, 0.3) is 0 Å². The Hall–Kier alpha value is -1.94. The van der Waals surface area contributed by atoms with Gasteiger partial charge in [0.25, 0.3) is 0 Å². The van der Waals surface area contributed by atoms with E-state index < -0.39 is 97.5 Å². The molecule has 17 nitrogen and oxygen atoms in total. The van der Waals surface area contributed by atoms with Gasteiger partial charge in [-0.1, -0.05) is 363 Å². The fourth-order valence-electron chi connectivity index (χ4n) is 12.2. The zero-order chi connectivity index (χ0) is 72.1. The fraction of sp³-hybridized carbons (Fsp3) is 0.949. The largest absolute Gasteiger partial charge is 0.472 e. The normalized spacial score (nSPS) is 13.9. The number of carbonyl (C=O) groups is 4. The summed E-state index contributed by atoms with van der Waals surface area (Å²) < 4.78 is 68.6. The van der Waals surface area contributed by atoms with E-state index in [9.17, 15) is 43.2 Å². The molecule has 5 atom stereocenters. The van der Waals surface area contributed by atoms with E-state index in [1.807, 2.05) is 0 Å². The van der Waals surface area contributed by atoms with Crippen LogP contribution in [0, 0.1) is 11.8 Å². The lowest BCUT2D eigenvalue weighted by Gasteiger charge is -2.21. The Bertz CT molecular complexity index is 1890. The number of aliphatic hydroxyl groups excluding tert-OH is 1. The molecule has 0 aliphatic rings. The second-order valence-corrected chi connectivity index (χ2v) is 32.3. The molecule has 582 valence electrons. The van der Waals surface area contributed by atoms with E-state index in [0.717, 1.165) is 102 Å². The minimum Gasteiger partial charge on any atom is -0.462 e. The van der Waals surface area contributed by atoms with Crippen molar-refractivity contribution in [2.75, 3.05) is 39.6 Å². The molecule has 19 heteroatoms. The van der Waals surface area contributed by atoms with Crippen LogP contribution in [0.2, 0.25) is 0 Å². The molecule has 98 heavy (non-hydrogen) atoms. The van der Waals surface area contributed by atoms with Gasteiger partial charge in [-0.3, -0.25) is 37.3 Å². The minimum atomic E-state index is -4.96. The van der Waals surface area contributed by atoms with Crippen molar-refractivity contribution in [3.05, 3.63) is 0 Å². The summed E-state index contributed by atoms with van der Waals surface area (Å²) in [6.45, 7) is 9.61. The smallest absolute Gasteiger partial charge is 0.462 e. The zero-order valence-electron chi connectivity index (χ0n) is 64.1. The standard InChI is InChI=1S/C79H154O17P2/c1-7-9-11-13-15-17-19-20-21-22-23-24-25-26-27-32-39-45-51-57-63-78(83)95-75(68-90-77(82)62-56-50-44-38-31-29-28-30-35-41-47-53-59-71(3)4)70-94-98(87,88)92-66-73(80)65-91-97(85,86)93-69-74(67-89-76(81)61-55-49-43-37-18-16-14-12-10-8-2)96-79(84)64-58-52-46-40-34-33-36-42-48-54-60-72(5)6/h71-75,80H,7-70H2,1-6H3,(H,85,86)(H,87,88)/t73-,74+,75+/m0/s1. The highest BCUT2D eigenvalue weighted by molar-refractivity contribution is 7.47. The van der Waals surface area contributed by atoms with Gasteiger partial charge in [0.2, 0.25) is 0 Å². The molecule has 2 unspecified atom stereocenters. The summed E-state index contributed by atoms with van der Waals surface area (Å²) in [4.78, 5) is 72.9. The van der Waals surface area contributed by atoms with Crippen LogP contribution in [-0.4, -0.2) is 96.7 Å². The predicted octanol–water partition coefficient (Wildman–Crippen LogP) is 23.5. The first-order valence-corrected chi connectivity index (χ1v) is 44.0. The van der Waals surface area contributed by atoms with Crippen LogP contribution in [0.5, 0.6) is 0 Å². The summed E-state index contributed by atoms with van der Waals surface area (Å²) in [5.41, 5.74) is 0. The van der Waals surface area contributed by atoms with Crippen LogP contribution < -0.4 is 0 Å². The molecule has 0 aromatic rings. The maximum Gasteiger partial charge on any atom is 0.472 e. The third-order valence-electron chi connectivity index (χ3n) is 18.5. The number of phosphoric ester groups is 2. The van der Waals surface area contributed by atoms with Crippen molar-refractivity contribution in [3.8, 4) is 0 Å². The molecule has 0 fully saturated rings. The van der Waals surface area contributed by atoms with Gasteiger partial charge in [-0.25, -0.2) is 9.13 Å². The lowest BCUT2D eigenvalue weighted by Crippen LogP contribution is -2.30. The molecule has 0 saturated heterocycles. The summed E-state index contributed by atoms with van der Waals surface area (Å²) in [5.74, 6) is -0.578. The van der Waals surface area contributed by atoms with E-state index in [1.54, 1.807) is 0 Å². The molecule has 3 N–H and O–H groups in total. The van der Waals surface area contributed by atoms with Gasteiger partial charge in [-0.2, -0.15) is 0 Å². The Morgan fingerprint density at radius 2 is 0.469 bits per heavy atom. The van der Waals surface area contributed by atoms with Crippen LogP contribution in [0.15, 0.2) is 0 Å². The third kappa shape index (κ3) is 72.4. The number of unbranched alkanes of at least 4 members (excludes halogenated alkanes) is 48. The molecular formula is C79H154O17P2. The average Bonchev–Trinajstić information content (AvgIpc) is 1.02. The minimum absolute atomic E-state index is 0.106. The number of esters is 4. The summed E-state index contributed by atoms with van der Waals surface area (Å²) in [6, 6.07) is 0. The van der Waals surface area contributed by atoms with E-state index in [4.69, 9.17) is 37.0 Å². The lowest BCUT2D eigenvalue weighted by atomic mass is 10.0. The monoisotopic (exact) mass is 1440 g/mol. The Balaban J connectivity index is 5.23. The number of hydrogen-bond acceptors (Lipinski definition) is 15. The van der Waals surface area contributed by atoms with Crippen molar-refractivity contribution in [1.29, 1.82) is 0 Å². The molecule has 0 heterocycles. The number of carbonyl (C=O) groups excluding carboxylic acids is 4. The molecule has 0 aliphatic carbocycles. The van der Waals surface area contributed by atoms with Crippen molar-refractivity contribution in [3.63, 3.8) is 0 Å². The number of aliphatic hydroxyl groups is 1. The van der Waals surface area contributed by atoms with Crippen molar-refractivity contribution in [2.24, 2.45) is 11.8 Å². The number of hydrogen-bond donors (Lipinski definition) is 3. The van der Waals surface area contributed by atoms with Crippen LogP contribution in [-0.2, 0) is 65.4 Å². The van der Waals surface area contributed by atoms with Crippen LogP contribution in [0.1, 0.15) is 414 Å². The topological polar surface area (TPSA) is 237 Å². The average molecular weight is 1440 g/mol.